The quantitative estimate of drug-likeness (QED) is 0.532. The van der Waals surface area contributed by atoms with Crippen molar-refractivity contribution in [1.29, 1.82) is 0 Å². The Balaban J connectivity index is 1.42. The molecular formula is C26H29F2N3O5. The number of ketones is 1. The zero-order valence-electron chi connectivity index (χ0n) is 20.1. The maximum Gasteiger partial charge on any atom is 0.265 e. The molecule has 192 valence electrons. The largest absolute Gasteiger partial charge is 0.482 e. The molecule has 1 saturated heterocycles. The van der Waals surface area contributed by atoms with E-state index in [1.165, 1.54) is 23.5 Å². The molecule has 0 aromatic heterocycles. The first-order valence-electron chi connectivity index (χ1n) is 12.0. The summed E-state index contributed by atoms with van der Waals surface area (Å²) < 4.78 is 37.6. The van der Waals surface area contributed by atoms with Crippen molar-refractivity contribution in [2.75, 3.05) is 44.3 Å². The molecule has 1 fully saturated rings. The minimum absolute atomic E-state index is 0.192. The second-order valence-corrected chi connectivity index (χ2v) is 8.89. The zero-order chi connectivity index (χ0) is 25.7. The van der Waals surface area contributed by atoms with Crippen molar-refractivity contribution in [3.05, 3.63) is 53.6 Å². The molecule has 0 bridgehead atoms. The Morgan fingerprint density at radius 3 is 2.64 bits per heavy atom. The third kappa shape index (κ3) is 5.99. The number of piperidine rings is 1. The van der Waals surface area contributed by atoms with Gasteiger partial charge in [-0.25, -0.2) is 8.78 Å². The number of nitrogens with one attached hydrogen (secondary N) is 1. The Morgan fingerprint density at radius 1 is 1.11 bits per heavy atom. The lowest BCUT2D eigenvalue weighted by atomic mass is 10.1. The third-order valence-corrected chi connectivity index (χ3v) is 6.36. The molecule has 4 rings (SSSR count). The number of amides is 2. The van der Waals surface area contributed by atoms with Crippen LogP contribution in [-0.4, -0.2) is 67.9 Å². The topological polar surface area (TPSA) is 88.2 Å². The van der Waals surface area contributed by atoms with E-state index in [0.29, 0.717) is 24.0 Å². The number of carbonyl (C=O) groups is 3. The number of hydrogen-bond donors (Lipinski definition) is 1. The van der Waals surface area contributed by atoms with E-state index in [0.717, 1.165) is 44.6 Å². The molecule has 1 atom stereocenters. The second-order valence-electron chi connectivity index (χ2n) is 8.89. The summed E-state index contributed by atoms with van der Waals surface area (Å²) in [6.07, 6.45) is 3.56. The van der Waals surface area contributed by atoms with Gasteiger partial charge in [0.2, 0.25) is 5.91 Å². The number of rotatable bonds is 9. The van der Waals surface area contributed by atoms with E-state index in [1.807, 2.05) is 0 Å². The summed E-state index contributed by atoms with van der Waals surface area (Å²) in [5.41, 5.74) is 0.487. The summed E-state index contributed by atoms with van der Waals surface area (Å²) in [5, 5.41) is 2.90. The van der Waals surface area contributed by atoms with Gasteiger partial charge < -0.3 is 19.7 Å². The molecule has 0 aliphatic carbocycles. The van der Waals surface area contributed by atoms with Gasteiger partial charge in [-0.2, -0.15) is 0 Å². The summed E-state index contributed by atoms with van der Waals surface area (Å²) in [6.45, 7) is 4.17. The van der Waals surface area contributed by atoms with Crippen LogP contribution in [0.3, 0.4) is 0 Å². The number of anilines is 1. The van der Waals surface area contributed by atoms with Gasteiger partial charge in [-0.3, -0.25) is 19.3 Å². The fourth-order valence-corrected chi connectivity index (χ4v) is 4.37. The summed E-state index contributed by atoms with van der Waals surface area (Å²) in [7, 11) is 0. The van der Waals surface area contributed by atoms with Crippen molar-refractivity contribution < 1.29 is 32.6 Å². The van der Waals surface area contributed by atoms with E-state index in [2.05, 4.69) is 10.2 Å². The standard InChI is InChI=1S/C26H29F2N3O5/c1-17(26(34)29-9-12-30-10-3-2-4-11-30)31-21-13-18(5-7-24(21)36-16-25(31)33)22(32)15-35-23-8-6-19(27)14-20(23)28/h5-8,13-14,17H,2-4,9-12,15-16H2,1H3,(H,29,34)/t17-/m1/s1. The highest BCUT2D eigenvalue weighted by molar-refractivity contribution is 6.05. The zero-order valence-corrected chi connectivity index (χ0v) is 20.1. The van der Waals surface area contributed by atoms with E-state index < -0.39 is 36.0 Å². The van der Waals surface area contributed by atoms with Crippen LogP contribution in [0.1, 0.15) is 36.5 Å². The van der Waals surface area contributed by atoms with Gasteiger partial charge in [-0.1, -0.05) is 6.42 Å². The van der Waals surface area contributed by atoms with Crippen molar-refractivity contribution in [2.45, 2.75) is 32.2 Å². The van der Waals surface area contributed by atoms with Crippen LogP contribution >= 0.6 is 0 Å². The first-order valence-corrected chi connectivity index (χ1v) is 12.0. The molecule has 0 spiro atoms. The van der Waals surface area contributed by atoms with Crippen LogP contribution in [0.2, 0.25) is 0 Å². The molecule has 0 radical (unpaired) electrons. The SMILES string of the molecule is C[C@H](C(=O)NCCN1CCCCC1)N1C(=O)COc2ccc(C(=O)COc3ccc(F)cc3F)cc21. The van der Waals surface area contributed by atoms with Gasteiger partial charge in [-0.15, -0.1) is 0 Å². The first-order chi connectivity index (χ1) is 17.3. The summed E-state index contributed by atoms with van der Waals surface area (Å²) in [4.78, 5) is 41.9. The minimum Gasteiger partial charge on any atom is -0.482 e. The van der Waals surface area contributed by atoms with Gasteiger partial charge in [0.1, 0.15) is 17.6 Å². The van der Waals surface area contributed by atoms with Crippen LogP contribution in [-0.2, 0) is 9.59 Å². The molecule has 36 heavy (non-hydrogen) atoms. The van der Waals surface area contributed by atoms with Crippen LogP contribution in [0.5, 0.6) is 11.5 Å². The van der Waals surface area contributed by atoms with Crippen LogP contribution in [0, 0.1) is 11.6 Å². The number of halogens is 2. The van der Waals surface area contributed by atoms with Gasteiger partial charge in [0.25, 0.3) is 5.91 Å². The van der Waals surface area contributed by atoms with E-state index in [9.17, 15) is 23.2 Å². The lowest BCUT2D eigenvalue weighted by molar-refractivity contribution is -0.127. The Bertz CT molecular complexity index is 1140. The molecule has 0 saturated carbocycles. The van der Waals surface area contributed by atoms with Gasteiger partial charge in [0, 0.05) is 24.7 Å². The highest BCUT2D eigenvalue weighted by Gasteiger charge is 2.33. The number of Topliss-reactive ketones (excluding diaryl/α,β-unsaturated/α-hetero) is 1. The Morgan fingerprint density at radius 2 is 1.89 bits per heavy atom. The molecule has 2 heterocycles. The van der Waals surface area contributed by atoms with Crippen LogP contribution in [0.25, 0.3) is 0 Å². The van der Waals surface area contributed by atoms with Crippen LogP contribution < -0.4 is 19.7 Å². The molecule has 0 unspecified atom stereocenters. The average Bonchev–Trinajstić information content (AvgIpc) is 2.87. The number of benzene rings is 2. The van der Waals surface area contributed by atoms with Crippen molar-refractivity contribution in [1.82, 2.24) is 10.2 Å². The summed E-state index contributed by atoms with van der Waals surface area (Å²) in [6, 6.07) is 6.47. The van der Waals surface area contributed by atoms with Crippen LogP contribution in [0.15, 0.2) is 36.4 Å². The highest BCUT2D eigenvalue weighted by atomic mass is 19.1. The van der Waals surface area contributed by atoms with Gasteiger partial charge in [0.05, 0.1) is 5.69 Å². The lowest BCUT2D eigenvalue weighted by Crippen LogP contribution is -2.52. The van der Waals surface area contributed by atoms with Crippen molar-refractivity contribution in [3.63, 3.8) is 0 Å². The predicted molar refractivity (Wildman–Crippen MR) is 128 cm³/mol. The number of fused-ring (bicyclic) bond motifs is 1. The van der Waals surface area contributed by atoms with Crippen molar-refractivity contribution in [2.24, 2.45) is 0 Å². The molecule has 2 amide bonds. The Hall–Kier alpha value is -3.53. The first kappa shape index (κ1) is 25.6. The van der Waals surface area contributed by atoms with Crippen LogP contribution in [0.4, 0.5) is 14.5 Å². The number of nitrogens with zero attached hydrogens (tertiary/aromatic N) is 2. The Kier molecular flexibility index (Phi) is 8.14. The second kappa shape index (κ2) is 11.5. The van der Waals surface area contributed by atoms with Crippen molar-refractivity contribution >= 4 is 23.3 Å². The molecular weight excluding hydrogens is 472 g/mol. The molecule has 10 heteroatoms. The van der Waals surface area contributed by atoms with Gasteiger partial charge >= 0.3 is 0 Å². The predicted octanol–water partition coefficient (Wildman–Crippen LogP) is 2.94. The number of likely N-dealkylation sites (tertiary alicyclic amines) is 1. The summed E-state index contributed by atoms with van der Waals surface area (Å²) in [5.74, 6) is -2.76. The third-order valence-electron chi connectivity index (χ3n) is 6.36. The molecule has 1 N–H and O–H groups in total. The molecule has 2 aliphatic heterocycles. The molecule has 8 nitrogen and oxygen atoms in total. The maximum atomic E-state index is 13.8. The van der Waals surface area contributed by atoms with Gasteiger partial charge in [0.15, 0.2) is 30.6 Å². The highest BCUT2D eigenvalue weighted by Crippen LogP contribution is 2.34. The molecule has 2 aliphatic rings. The van der Waals surface area contributed by atoms with Crippen molar-refractivity contribution in [3.8, 4) is 11.5 Å². The normalized spacial score (nSPS) is 16.6. The number of ether oxygens (including phenoxy) is 2. The van der Waals surface area contributed by atoms with E-state index in [1.54, 1.807) is 13.0 Å². The fraction of sp³-hybridized carbons (Fsp3) is 0.423. The fourth-order valence-electron chi connectivity index (χ4n) is 4.37. The molecule has 2 aromatic rings. The Labute approximate surface area is 208 Å². The monoisotopic (exact) mass is 501 g/mol. The smallest absolute Gasteiger partial charge is 0.265 e. The summed E-state index contributed by atoms with van der Waals surface area (Å²) >= 11 is 0. The lowest BCUT2D eigenvalue weighted by Gasteiger charge is -2.34. The maximum absolute atomic E-state index is 13.8. The van der Waals surface area contributed by atoms with E-state index in [4.69, 9.17) is 9.47 Å². The number of hydrogen-bond acceptors (Lipinski definition) is 6. The van der Waals surface area contributed by atoms with E-state index >= 15 is 0 Å². The minimum atomic E-state index is -0.918. The number of carbonyl (C=O) groups excluding carboxylic acids is 3. The average molecular weight is 502 g/mol. The van der Waals surface area contributed by atoms with Gasteiger partial charge in [-0.05, 0) is 63.2 Å². The van der Waals surface area contributed by atoms with E-state index in [-0.39, 0.29) is 23.8 Å². The molecule has 2 aromatic carbocycles.